The fraction of sp³-hybridized carbons (Fsp3) is 0.567. The number of piperazine rings is 1. The fourth-order valence-corrected chi connectivity index (χ4v) is 8.29. The van der Waals surface area contributed by atoms with Crippen molar-refractivity contribution in [2.24, 2.45) is 11.8 Å². The number of sulfonamides is 2. The lowest BCUT2D eigenvalue weighted by Crippen LogP contribution is -2.53. The first-order valence-electron chi connectivity index (χ1n) is 14.6. The molecule has 0 saturated carbocycles. The van der Waals surface area contributed by atoms with Crippen LogP contribution in [0, 0.1) is 11.8 Å². The molecule has 3 rings (SSSR count). The van der Waals surface area contributed by atoms with Gasteiger partial charge in [-0.25, -0.2) is 16.8 Å². The zero-order chi connectivity index (χ0) is 31.8. The standard InChI is InChI=1S/C30H46N4O7S2/c1-23(2)20-34(43(39,40)27-13-11-26(41-5)12-14-27)21-29(35)28(19-25-9-7-6-8-10-25)31-30(36)24(3)22-42(37,38)33-17-15-32(4)16-18-33/h6-14,23-24,28-29,35H,15-22H2,1-5H3,(H,31,36)/t24-,28+,29-/m1/s1. The summed E-state index contributed by atoms with van der Waals surface area (Å²) in [6, 6.07) is 14.4. The van der Waals surface area contributed by atoms with Gasteiger partial charge in [-0.05, 0) is 49.2 Å². The van der Waals surface area contributed by atoms with Crippen molar-refractivity contribution in [3.8, 4) is 5.75 Å². The van der Waals surface area contributed by atoms with Crippen molar-refractivity contribution in [2.75, 3.05) is 59.2 Å². The van der Waals surface area contributed by atoms with E-state index in [-0.39, 0.29) is 36.1 Å². The second-order valence-corrected chi connectivity index (χ2v) is 15.6. The molecule has 1 aliphatic rings. The molecule has 1 saturated heterocycles. The maximum Gasteiger partial charge on any atom is 0.243 e. The minimum absolute atomic E-state index is 0.0396. The molecule has 1 aliphatic heterocycles. The van der Waals surface area contributed by atoms with Gasteiger partial charge in [-0.1, -0.05) is 51.1 Å². The molecule has 0 unspecified atom stereocenters. The second-order valence-electron chi connectivity index (χ2n) is 11.6. The minimum atomic E-state index is -3.99. The van der Waals surface area contributed by atoms with Crippen molar-refractivity contribution < 1.29 is 31.5 Å². The fourth-order valence-electron chi connectivity index (χ4n) is 4.95. The van der Waals surface area contributed by atoms with E-state index in [1.807, 2.05) is 51.2 Å². The number of rotatable bonds is 15. The third-order valence-corrected chi connectivity index (χ3v) is 11.4. The number of benzene rings is 2. The largest absolute Gasteiger partial charge is 0.497 e. The predicted molar refractivity (Wildman–Crippen MR) is 167 cm³/mol. The summed E-state index contributed by atoms with van der Waals surface area (Å²) in [4.78, 5) is 15.5. The van der Waals surface area contributed by atoms with Gasteiger partial charge < -0.3 is 20.1 Å². The molecule has 2 N–H and O–H groups in total. The number of carbonyl (C=O) groups excluding carboxylic acids is 1. The lowest BCUT2D eigenvalue weighted by molar-refractivity contribution is -0.125. The van der Waals surface area contributed by atoms with Crippen LogP contribution in [0.2, 0.25) is 0 Å². The predicted octanol–water partition coefficient (Wildman–Crippen LogP) is 1.64. The second kappa shape index (κ2) is 15.4. The van der Waals surface area contributed by atoms with Crippen LogP contribution >= 0.6 is 0 Å². The molecule has 3 atom stereocenters. The molecule has 1 amide bonds. The van der Waals surface area contributed by atoms with Crippen LogP contribution in [-0.4, -0.2) is 113 Å². The molecule has 0 radical (unpaired) electrons. The Morgan fingerprint density at radius 3 is 2.12 bits per heavy atom. The first kappa shape index (κ1) is 34.9. The van der Waals surface area contributed by atoms with Gasteiger partial charge in [0.25, 0.3) is 0 Å². The average Bonchev–Trinajstić information content (AvgIpc) is 2.96. The number of ether oxygens (including phenoxy) is 1. The van der Waals surface area contributed by atoms with Crippen molar-refractivity contribution >= 4 is 26.0 Å². The summed E-state index contributed by atoms with van der Waals surface area (Å²) < 4.78 is 61.2. The molecule has 11 nitrogen and oxygen atoms in total. The number of nitrogens with one attached hydrogen (secondary N) is 1. The van der Waals surface area contributed by atoms with Crippen molar-refractivity contribution in [1.29, 1.82) is 0 Å². The Bertz CT molecular complexity index is 1380. The summed E-state index contributed by atoms with van der Waals surface area (Å²) in [7, 11) is -4.23. The Balaban J connectivity index is 1.80. The highest BCUT2D eigenvalue weighted by atomic mass is 32.2. The first-order valence-corrected chi connectivity index (χ1v) is 17.6. The average molecular weight is 639 g/mol. The lowest BCUT2D eigenvalue weighted by atomic mass is 10.00. The third-order valence-electron chi connectivity index (χ3n) is 7.51. The molecule has 2 aromatic carbocycles. The Labute approximate surface area is 256 Å². The van der Waals surface area contributed by atoms with Gasteiger partial charge in [-0.2, -0.15) is 8.61 Å². The zero-order valence-electron chi connectivity index (χ0n) is 25.7. The van der Waals surface area contributed by atoms with Gasteiger partial charge in [0.05, 0.1) is 35.8 Å². The normalized spacial score (nSPS) is 17.5. The van der Waals surface area contributed by atoms with Gasteiger partial charge in [-0.3, -0.25) is 4.79 Å². The Hall–Kier alpha value is -2.55. The van der Waals surface area contributed by atoms with Crippen LogP contribution in [0.15, 0.2) is 59.5 Å². The van der Waals surface area contributed by atoms with E-state index in [1.54, 1.807) is 19.1 Å². The van der Waals surface area contributed by atoms with Gasteiger partial charge in [0, 0.05) is 39.3 Å². The van der Waals surface area contributed by atoms with Crippen molar-refractivity contribution in [3.05, 3.63) is 60.2 Å². The van der Waals surface area contributed by atoms with Crippen LogP contribution in [0.5, 0.6) is 5.75 Å². The molecule has 0 aliphatic carbocycles. The molecule has 0 spiro atoms. The molecule has 0 bridgehead atoms. The number of likely N-dealkylation sites (N-methyl/N-ethyl adjacent to an activating group) is 1. The number of nitrogens with zero attached hydrogens (tertiary/aromatic N) is 3. The lowest BCUT2D eigenvalue weighted by Gasteiger charge is -2.33. The summed E-state index contributed by atoms with van der Waals surface area (Å²) in [6.07, 6.45) is -1.05. The van der Waals surface area contributed by atoms with Crippen LogP contribution in [0.3, 0.4) is 0 Å². The summed E-state index contributed by atoms with van der Waals surface area (Å²) >= 11 is 0. The zero-order valence-corrected chi connectivity index (χ0v) is 27.4. The Morgan fingerprint density at radius 1 is 0.953 bits per heavy atom. The van der Waals surface area contributed by atoms with Gasteiger partial charge >= 0.3 is 0 Å². The van der Waals surface area contributed by atoms with Crippen LogP contribution in [0.4, 0.5) is 0 Å². The van der Waals surface area contributed by atoms with E-state index in [0.29, 0.717) is 31.9 Å². The summed E-state index contributed by atoms with van der Waals surface area (Å²) in [6.45, 7) is 7.19. The topological polar surface area (TPSA) is 137 Å². The van der Waals surface area contributed by atoms with E-state index in [4.69, 9.17) is 4.74 Å². The maximum atomic E-state index is 13.7. The third kappa shape index (κ3) is 9.98. The highest BCUT2D eigenvalue weighted by Gasteiger charge is 2.34. The van der Waals surface area contributed by atoms with Crippen LogP contribution in [-0.2, 0) is 31.3 Å². The smallest absolute Gasteiger partial charge is 0.243 e. The number of methoxy groups -OCH3 is 1. The highest BCUT2D eigenvalue weighted by molar-refractivity contribution is 7.89. The molecular formula is C30H46N4O7S2. The molecule has 240 valence electrons. The molecule has 13 heteroatoms. The van der Waals surface area contributed by atoms with Crippen molar-refractivity contribution in [3.63, 3.8) is 0 Å². The number of hydrogen-bond donors (Lipinski definition) is 2. The summed E-state index contributed by atoms with van der Waals surface area (Å²) in [5.74, 6) is -1.29. The number of carbonyl (C=O) groups is 1. The minimum Gasteiger partial charge on any atom is -0.497 e. The van der Waals surface area contributed by atoms with E-state index in [2.05, 4.69) is 10.2 Å². The van der Waals surface area contributed by atoms with Crippen LogP contribution in [0.1, 0.15) is 26.3 Å². The number of amides is 1. The monoisotopic (exact) mass is 638 g/mol. The molecule has 1 heterocycles. The molecule has 43 heavy (non-hydrogen) atoms. The first-order chi connectivity index (χ1) is 20.2. The molecular weight excluding hydrogens is 592 g/mol. The molecule has 0 aromatic heterocycles. The summed E-state index contributed by atoms with van der Waals surface area (Å²) in [5.41, 5.74) is 0.831. The van der Waals surface area contributed by atoms with Crippen molar-refractivity contribution in [1.82, 2.24) is 18.8 Å². The molecule has 2 aromatic rings. The van der Waals surface area contributed by atoms with E-state index in [9.17, 15) is 26.7 Å². The van der Waals surface area contributed by atoms with Crippen LogP contribution < -0.4 is 10.1 Å². The number of aliphatic hydroxyl groups excluding tert-OH is 1. The quantitative estimate of drug-likeness (QED) is 0.301. The highest BCUT2D eigenvalue weighted by Crippen LogP contribution is 2.22. The van der Waals surface area contributed by atoms with Crippen LogP contribution in [0.25, 0.3) is 0 Å². The van der Waals surface area contributed by atoms with Gasteiger partial charge in [0.2, 0.25) is 26.0 Å². The number of aliphatic hydroxyl groups is 1. The van der Waals surface area contributed by atoms with E-state index in [1.165, 1.54) is 27.9 Å². The van der Waals surface area contributed by atoms with Gasteiger partial charge in [-0.15, -0.1) is 0 Å². The van der Waals surface area contributed by atoms with E-state index >= 15 is 0 Å². The van der Waals surface area contributed by atoms with Crippen molar-refractivity contribution in [2.45, 2.75) is 44.2 Å². The summed E-state index contributed by atoms with van der Waals surface area (Å²) in [5, 5.41) is 14.3. The van der Waals surface area contributed by atoms with Gasteiger partial charge in [0.1, 0.15) is 5.75 Å². The number of hydrogen-bond acceptors (Lipinski definition) is 8. The Kier molecular flexibility index (Phi) is 12.5. The molecule has 1 fully saturated rings. The maximum absolute atomic E-state index is 13.7. The SMILES string of the molecule is COc1ccc(S(=O)(=O)N(CC(C)C)C[C@@H](O)[C@H](Cc2ccccc2)NC(=O)[C@H](C)CS(=O)(=O)N2CCN(C)CC2)cc1. The Morgan fingerprint density at radius 2 is 1.56 bits per heavy atom. The van der Waals surface area contributed by atoms with E-state index in [0.717, 1.165) is 5.56 Å². The van der Waals surface area contributed by atoms with Gasteiger partial charge in [0.15, 0.2) is 0 Å². The van der Waals surface area contributed by atoms with E-state index < -0.39 is 44.0 Å².